The Morgan fingerprint density at radius 3 is 2.74 bits per heavy atom. The molecule has 2 aromatic rings. The van der Waals surface area contributed by atoms with Crippen LogP contribution >= 0.6 is 0 Å². The number of aromatic nitrogens is 1. The molecule has 0 bridgehead atoms. The number of benzene rings is 1. The van der Waals surface area contributed by atoms with E-state index in [0.29, 0.717) is 18.0 Å². The van der Waals surface area contributed by atoms with Gasteiger partial charge in [-0.05, 0) is 36.2 Å². The topological polar surface area (TPSA) is 57.9 Å². The summed E-state index contributed by atoms with van der Waals surface area (Å²) in [6, 6.07) is 11.6. The van der Waals surface area contributed by atoms with Crippen LogP contribution in [0, 0.1) is 18.3 Å². The van der Waals surface area contributed by atoms with Crippen molar-refractivity contribution in [2.75, 3.05) is 12.4 Å². The highest BCUT2D eigenvalue weighted by molar-refractivity contribution is 5.44. The molecule has 0 radical (unpaired) electrons. The fourth-order valence-electron chi connectivity index (χ4n) is 1.77. The van der Waals surface area contributed by atoms with E-state index < -0.39 is 0 Å². The largest absolute Gasteiger partial charge is 0.481 e. The third kappa shape index (κ3) is 3.23. The molecule has 0 aliphatic rings. The molecule has 0 saturated heterocycles. The van der Waals surface area contributed by atoms with Crippen molar-refractivity contribution < 1.29 is 4.74 Å². The summed E-state index contributed by atoms with van der Waals surface area (Å²) in [7, 11) is 1.59. The number of nitrogens with one attached hydrogen (secondary N) is 1. The zero-order valence-electron chi connectivity index (χ0n) is 11.0. The standard InChI is InChI=1S/C15H15N3O/c1-11-7-12(8-16)3-4-13(11)9-17-14-5-6-15(19-2)18-10-14/h3-7,10,17H,9H2,1-2H3. The Morgan fingerprint density at radius 2 is 2.16 bits per heavy atom. The molecule has 1 aromatic heterocycles. The van der Waals surface area contributed by atoms with Gasteiger partial charge in [-0.15, -0.1) is 0 Å². The van der Waals surface area contributed by atoms with Gasteiger partial charge < -0.3 is 10.1 Å². The minimum atomic E-state index is 0.597. The van der Waals surface area contributed by atoms with E-state index in [9.17, 15) is 0 Å². The fraction of sp³-hybridized carbons (Fsp3) is 0.200. The molecule has 96 valence electrons. The molecule has 1 heterocycles. The average Bonchev–Trinajstić information content (AvgIpc) is 2.46. The molecule has 19 heavy (non-hydrogen) atoms. The summed E-state index contributed by atoms with van der Waals surface area (Å²) in [6.45, 7) is 2.70. The Hall–Kier alpha value is -2.54. The lowest BCUT2D eigenvalue weighted by Crippen LogP contribution is -2.02. The van der Waals surface area contributed by atoms with Crippen LogP contribution in [-0.4, -0.2) is 12.1 Å². The van der Waals surface area contributed by atoms with E-state index in [0.717, 1.165) is 16.8 Å². The molecule has 0 saturated carbocycles. The number of anilines is 1. The number of nitriles is 1. The van der Waals surface area contributed by atoms with Gasteiger partial charge in [0, 0.05) is 12.6 Å². The first kappa shape index (κ1) is 12.9. The van der Waals surface area contributed by atoms with Crippen molar-refractivity contribution in [3.8, 4) is 11.9 Å². The van der Waals surface area contributed by atoms with Gasteiger partial charge in [0.25, 0.3) is 0 Å². The zero-order valence-corrected chi connectivity index (χ0v) is 11.0. The van der Waals surface area contributed by atoms with Gasteiger partial charge >= 0.3 is 0 Å². The number of rotatable bonds is 4. The molecule has 0 amide bonds. The summed E-state index contributed by atoms with van der Waals surface area (Å²) in [4.78, 5) is 4.13. The summed E-state index contributed by atoms with van der Waals surface area (Å²) in [5.74, 6) is 0.597. The van der Waals surface area contributed by atoms with Gasteiger partial charge in [-0.3, -0.25) is 0 Å². The summed E-state index contributed by atoms with van der Waals surface area (Å²) < 4.78 is 5.01. The van der Waals surface area contributed by atoms with Gasteiger partial charge in [-0.2, -0.15) is 5.26 Å². The second-order valence-corrected chi connectivity index (χ2v) is 4.20. The maximum absolute atomic E-state index is 8.82. The Kier molecular flexibility index (Phi) is 3.99. The van der Waals surface area contributed by atoms with Gasteiger partial charge in [0.1, 0.15) is 0 Å². The third-order valence-corrected chi connectivity index (χ3v) is 2.90. The predicted molar refractivity (Wildman–Crippen MR) is 74.0 cm³/mol. The van der Waals surface area contributed by atoms with Crippen molar-refractivity contribution in [3.63, 3.8) is 0 Å². The van der Waals surface area contributed by atoms with Gasteiger partial charge in [-0.25, -0.2) is 4.98 Å². The minimum Gasteiger partial charge on any atom is -0.481 e. The lowest BCUT2D eigenvalue weighted by atomic mass is 10.1. The second kappa shape index (κ2) is 5.87. The highest BCUT2D eigenvalue weighted by Crippen LogP contribution is 2.15. The molecular formula is C15H15N3O. The molecule has 4 nitrogen and oxygen atoms in total. The van der Waals surface area contributed by atoms with Crippen molar-refractivity contribution in [3.05, 3.63) is 53.2 Å². The Balaban J connectivity index is 2.04. The van der Waals surface area contributed by atoms with Crippen LogP contribution in [-0.2, 0) is 6.54 Å². The quantitative estimate of drug-likeness (QED) is 0.910. The molecule has 0 spiro atoms. The van der Waals surface area contributed by atoms with Crippen molar-refractivity contribution in [1.82, 2.24) is 4.98 Å². The number of hydrogen-bond donors (Lipinski definition) is 1. The maximum Gasteiger partial charge on any atom is 0.213 e. The number of ether oxygens (including phenoxy) is 1. The van der Waals surface area contributed by atoms with E-state index in [4.69, 9.17) is 10.00 Å². The van der Waals surface area contributed by atoms with Crippen LogP contribution in [0.3, 0.4) is 0 Å². The van der Waals surface area contributed by atoms with E-state index in [1.165, 1.54) is 0 Å². The molecule has 0 atom stereocenters. The molecular weight excluding hydrogens is 238 g/mol. The Labute approximate surface area is 112 Å². The van der Waals surface area contributed by atoms with Crippen molar-refractivity contribution in [2.24, 2.45) is 0 Å². The van der Waals surface area contributed by atoms with E-state index in [-0.39, 0.29) is 0 Å². The number of hydrogen-bond acceptors (Lipinski definition) is 4. The minimum absolute atomic E-state index is 0.597. The van der Waals surface area contributed by atoms with E-state index in [2.05, 4.69) is 16.4 Å². The first-order chi connectivity index (χ1) is 9.22. The first-order valence-electron chi connectivity index (χ1n) is 5.96. The number of nitrogens with zero attached hydrogens (tertiary/aromatic N) is 2. The highest BCUT2D eigenvalue weighted by atomic mass is 16.5. The van der Waals surface area contributed by atoms with Crippen molar-refractivity contribution in [2.45, 2.75) is 13.5 Å². The number of pyridine rings is 1. The summed E-state index contributed by atoms with van der Waals surface area (Å²) in [5, 5.41) is 12.1. The summed E-state index contributed by atoms with van der Waals surface area (Å²) >= 11 is 0. The Bertz CT molecular complexity index is 600. The van der Waals surface area contributed by atoms with E-state index >= 15 is 0 Å². The molecule has 0 unspecified atom stereocenters. The molecule has 0 aliphatic carbocycles. The lowest BCUT2D eigenvalue weighted by molar-refractivity contribution is 0.398. The lowest BCUT2D eigenvalue weighted by Gasteiger charge is -2.09. The normalized spacial score (nSPS) is 9.74. The monoisotopic (exact) mass is 253 g/mol. The van der Waals surface area contributed by atoms with Crippen LogP contribution < -0.4 is 10.1 Å². The van der Waals surface area contributed by atoms with Crippen molar-refractivity contribution in [1.29, 1.82) is 5.26 Å². The third-order valence-electron chi connectivity index (χ3n) is 2.90. The van der Waals surface area contributed by atoms with Gasteiger partial charge in [0.2, 0.25) is 5.88 Å². The van der Waals surface area contributed by atoms with Crippen LogP contribution in [0.2, 0.25) is 0 Å². The van der Waals surface area contributed by atoms with Crippen LogP contribution in [0.4, 0.5) is 5.69 Å². The highest BCUT2D eigenvalue weighted by Gasteiger charge is 2.01. The molecule has 1 N–H and O–H groups in total. The van der Waals surface area contributed by atoms with Gasteiger partial charge in [-0.1, -0.05) is 6.07 Å². The van der Waals surface area contributed by atoms with Gasteiger partial charge in [0.15, 0.2) is 0 Å². The van der Waals surface area contributed by atoms with Crippen LogP contribution in [0.15, 0.2) is 36.5 Å². The van der Waals surface area contributed by atoms with Crippen LogP contribution in [0.1, 0.15) is 16.7 Å². The second-order valence-electron chi connectivity index (χ2n) is 4.20. The summed E-state index contributed by atoms with van der Waals surface area (Å²) in [6.07, 6.45) is 1.73. The zero-order chi connectivity index (χ0) is 13.7. The van der Waals surface area contributed by atoms with Crippen molar-refractivity contribution >= 4 is 5.69 Å². The SMILES string of the molecule is COc1ccc(NCc2ccc(C#N)cc2C)cn1. The fourth-order valence-corrected chi connectivity index (χ4v) is 1.77. The number of aryl methyl sites for hydroxylation is 1. The number of methoxy groups -OCH3 is 1. The predicted octanol–water partition coefficient (Wildman–Crippen LogP) is 2.88. The van der Waals surface area contributed by atoms with Gasteiger partial charge in [0.05, 0.1) is 30.6 Å². The molecule has 1 aromatic carbocycles. The molecule has 4 heteroatoms. The molecule has 2 rings (SSSR count). The smallest absolute Gasteiger partial charge is 0.213 e. The summed E-state index contributed by atoms with van der Waals surface area (Å²) in [5.41, 5.74) is 3.89. The average molecular weight is 253 g/mol. The van der Waals surface area contributed by atoms with E-state index in [1.807, 2.05) is 37.3 Å². The molecule has 0 aliphatic heterocycles. The maximum atomic E-state index is 8.82. The van der Waals surface area contributed by atoms with E-state index in [1.54, 1.807) is 13.3 Å². The Morgan fingerprint density at radius 1 is 1.32 bits per heavy atom. The molecule has 0 fully saturated rings. The van der Waals surface area contributed by atoms with Crippen LogP contribution in [0.5, 0.6) is 5.88 Å². The van der Waals surface area contributed by atoms with Crippen LogP contribution in [0.25, 0.3) is 0 Å². The first-order valence-corrected chi connectivity index (χ1v) is 5.96.